The first kappa shape index (κ1) is 18.9. The number of carboxylic acid groups (broad SMARTS) is 4. The van der Waals surface area contributed by atoms with Gasteiger partial charge in [0.2, 0.25) is 0 Å². The molecule has 8 heteroatoms. The van der Waals surface area contributed by atoms with Gasteiger partial charge in [-0.05, 0) is 12.8 Å². The summed E-state index contributed by atoms with van der Waals surface area (Å²) in [6.45, 7) is 0. The average molecular weight is 330 g/mol. The van der Waals surface area contributed by atoms with Crippen molar-refractivity contribution in [1.29, 1.82) is 0 Å². The van der Waals surface area contributed by atoms with Crippen LogP contribution in [-0.2, 0) is 19.2 Å². The molecule has 23 heavy (non-hydrogen) atoms. The fourth-order valence-corrected chi connectivity index (χ4v) is 3.43. The van der Waals surface area contributed by atoms with Crippen LogP contribution in [0.2, 0.25) is 0 Å². The third-order valence-corrected chi connectivity index (χ3v) is 4.79. The molecule has 2 aliphatic rings. The van der Waals surface area contributed by atoms with Crippen molar-refractivity contribution in [2.45, 2.75) is 57.8 Å². The summed E-state index contributed by atoms with van der Waals surface area (Å²) < 4.78 is 0. The highest BCUT2D eigenvalue weighted by atomic mass is 16.4. The largest absolute Gasteiger partial charge is 0.480 e. The van der Waals surface area contributed by atoms with E-state index in [1.165, 1.54) is 32.1 Å². The number of rotatable bonds is 4. The van der Waals surface area contributed by atoms with Gasteiger partial charge in [-0.2, -0.15) is 0 Å². The Bertz CT molecular complexity index is 416. The van der Waals surface area contributed by atoms with Crippen LogP contribution in [0.3, 0.4) is 0 Å². The molecule has 2 fully saturated rings. The van der Waals surface area contributed by atoms with Gasteiger partial charge in [0.25, 0.3) is 0 Å². The summed E-state index contributed by atoms with van der Waals surface area (Å²) >= 11 is 0. The van der Waals surface area contributed by atoms with Crippen molar-refractivity contribution >= 4 is 23.9 Å². The van der Waals surface area contributed by atoms with Crippen LogP contribution in [0, 0.1) is 10.8 Å². The minimum atomic E-state index is -2.83. The van der Waals surface area contributed by atoms with Gasteiger partial charge < -0.3 is 20.4 Å². The number of aliphatic carboxylic acids is 4. The lowest BCUT2D eigenvalue weighted by atomic mass is 9.55. The number of carbonyl (C=O) groups is 4. The van der Waals surface area contributed by atoms with Crippen molar-refractivity contribution in [3.05, 3.63) is 0 Å². The molecule has 0 aromatic heterocycles. The first-order valence-corrected chi connectivity index (χ1v) is 7.67. The fraction of sp³-hybridized carbons (Fsp3) is 0.733. The van der Waals surface area contributed by atoms with Crippen LogP contribution in [-0.4, -0.2) is 44.3 Å². The zero-order valence-electron chi connectivity index (χ0n) is 12.8. The molecule has 4 N–H and O–H groups in total. The molecule has 0 aliphatic heterocycles. The molecule has 2 rings (SSSR count). The van der Waals surface area contributed by atoms with E-state index in [9.17, 15) is 19.2 Å². The highest BCUT2D eigenvalue weighted by Crippen LogP contribution is 2.52. The van der Waals surface area contributed by atoms with Crippen molar-refractivity contribution in [3.63, 3.8) is 0 Å². The van der Waals surface area contributed by atoms with Crippen LogP contribution in [0.4, 0.5) is 0 Å². The van der Waals surface area contributed by atoms with Crippen molar-refractivity contribution in [1.82, 2.24) is 0 Å². The second kappa shape index (κ2) is 7.43. The van der Waals surface area contributed by atoms with E-state index < -0.39 is 47.5 Å². The molecule has 0 amide bonds. The molecule has 0 unspecified atom stereocenters. The predicted molar refractivity (Wildman–Crippen MR) is 77.0 cm³/mol. The molecule has 0 aromatic rings. The van der Waals surface area contributed by atoms with Crippen LogP contribution < -0.4 is 0 Å². The molecule has 0 bridgehead atoms. The van der Waals surface area contributed by atoms with Crippen LogP contribution in [0.1, 0.15) is 57.8 Å². The second-order valence-corrected chi connectivity index (χ2v) is 6.01. The molecule has 130 valence electrons. The van der Waals surface area contributed by atoms with E-state index in [-0.39, 0.29) is 12.8 Å². The van der Waals surface area contributed by atoms with Crippen molar-refractivity contribution in [2.24, 2.45) is 10.8 Å². The molecule has 0 radical (unpaired) electrons. The third kappa shape index (κ3) is 3.16. The lowest BCUT2D eigenvalue weighted by Gasteiger charge is -2.41. The maximum atomic E-state index is 11.2. The summed E-state index contributed by atoms with van der Waals surface area (Å²) in [5.74, 6) is -7.72. The quantitative estimate of drug-likeness (QED) is 0.570. The Balaban J connectivity index is 0.000000446. The second-order valence-electron chi connectivity index (χ2n) is 6.01. The van der Waals surface area contributed by atoms with Gasteiger partial charge in [-0.15, -0.1) is 0 Å². The molecule has 0 aromatic carbocycles. The van der Waals surface area contributed by atoms with E-state index in [1.807, 2.05) is 0 Å². The van der Waals surface area contributed by atoms with E-state index in [4.69, 9.17) is 20.4 Å². The summed E-state index contributed by atoms with van der Waals surface area (Å²) in [5.41, 5.74) is -5.66. The third-order valence-electron chi connectivity index (χ3n) is 4.79. The minimum Gasteiger partial charge on any atom is -0.480 e. The minimum absolute atomic E-state index is 0.154. The van der Waals surface area contributed by atoms with Crippen LogP contribution in [0.15, 0.2) is 0 Å². The van der Waals surface area contributed by atoms with Gasteiger partial charge in [0.15, 0.2) is 10.8 Å². The molecule has 8 nitrogen and oxygen atoms in total. The first-order chi connectivity index (χ1) is 10.7. The predicted octanol–water partition coefficient (Wildman–Crippen LogP) is 1.82. The normalized spacial score (nSPS) is 21.6. The molecular weight excluding hydrogens is 308 g/mol. The summed E-state index contributed by atoms with van der Waals surface area (Å²) in [6, 6.07) is 0. The number of hydrogen-bond acceptors (Lipinski definition) is 4. The Hall–Kier alpha value is -2.12. The summed E-state index contributed by atoms with van der Waals surface area (Å²) in [7, 11) is 0. The van der Waals surface area contributed by atoms with Gasteiger partial charge >= 0.3 is 23.9 Å². The van der Waals surface area contributed by atoms with E-state index >= 15 is 0 Å². The monoisotopic (exact) mass is 330 g/mol. The van der Waals surface area contributed by atoms with Gasteiger partial charge in [-0.25, -0.2) is 0 Å². The van der Waals surface area contributed by atoms with Crippen molar-refractivity contribution in [2.75, 3.05) is 0 Å². The van der Waals surface area contributed by atoms with Crippen LogP contribution in [0.5, 0.6) is 0 Å². The molecule has 2 saturated carbocycles. The van der Waals surface area contributed by atoms with Crippen molar-refractivity contribution in [3.8, 4) is 0 Å². The molecule has 0 spiro atoms. The molecule has 2 aliphatic carbocycles. The molecule has 0 heterocycles. The molecular formula is C15H22O8. The standard InChI is InChI=1S/C10H12O8.C5H10/c11-5(12)9(6(13)14)3-1-2-4-10(9,7(15)16)8(17)18;1-2-4-5-3-1/h1-4H2,(H,11,12)(H,13,14)(H,15,16)(H,17,18);1-5H2. The van der Waals surface area contributed by atoms with Gasteiger partial charge in [-0.1, -0.05) is 44.9 Å². The van der Waals surface area contributed by atoms with E-state index in [1.54, 1.807) is 0 Å². The summed E-state index contributed by atoms with van der Waals surface area (Å²) in [6.07, 6.45) is 6.77. The van der Waals surface area contributed by atoms with Gasteiger partial charge in [0.05, 0.1) is 0 Å². The van der Waals surface area contributed by atoms with E-state index in [2.05, 4.69) is 0 Å². The lowest BCUT2D eigenvalue weighted by molar-refractivity contribution is -0.200. The molecule has 0 saturated heterocycles. The smallest absolute Gasteiger partial charge is 0.322 e. The first-order valence-electron chi connectivity index (χ1n) is 7.67. The topological polar surface area (TPSA) is 149 Å². The van der Waals surface area contributed by atoms with Gasteiger partial charge in [0.1, 0.15) is 0 Å². The summed E-state index contributed by atoms with van der Waals surface area (Å²) in [5, 5.41) is 36.3. The van der Waals surface area contributed by atoms with E-state index in [0.717, 1.165) is 0 Å². The lowest BCUT2D eigenvalue weighted by Crippen LogP contribution is -2.62. The Labute approximate surface area is 133 Å². The van der Waals surface area contributed by atoms with E-state index in [0.29, 0.717) is 0 Å². The Kier molecular flexibility index (Phi) is 6.12. The number of carboxylic acids is 4. The zero-order valence-corrected chi connectivity index (χ0v) is 12.8. The molecule has 0 atom stereocenters. The maximum Gasteiger partial charge on any atom is 0.322 e. The van der Waals surface area contributed by atoms with Gasteiger partial charge in [0, 0.05) is 0 Å². The summed E-state index contributed by atoms with van der Waals surface area (Å²) in [4.78, 5) is 44.9. The number of hydrogen-bond donors (Lipinski definition) is 4. The highest BCUT2D eigenvalue weighted by molar-refractivity contribution is 6.13. The SMILES string of the molecule is C1CCCC1.O=C(O)C1(C(=O)O)CCCCC1(C(=O)O)C(=O)O. The zero-order chi connectivity index (χ0) is 17.7. The van der Waals surface area contributed by atoms with Crippen LogP contribution >= 0.6 is 0 Å². The van der Waals surface area contributed by atoms with Crippen molar-refractivity contribution < 1.29 is 39.6 Å². The van der Waals surface area contributed by atoms with Crippen LogP contribution in [0.25, 0.3) is 0 Å². The van der Waals surface area contributed by atoms with Gasteiger partial charge in [-0.3, -0.25) is 19.2 Å². The maximum absolute atomic E-state index is 11.2. The fourth-order valence-electron chi connectivity index (χ4n) is 3.43. The average Bonchev–Trinajstić information content (AvgIpc) is 3.05. The Morgan fingerprint density at radius 3 is 0.870 bits per heavy atom. The Morgan fingerprint density at radius 2 is 0.696 bits per heavy atom. The Morgan fingerprint density at radius 1 is 0.478 bits per heavy atom. The highest BCUT2D eigenvalue weighted by Gasteiger charge is 2.71.